The minimum Gasteiger partial charge on any atom is -0.396 e. The van der Waals surface area contributed by atoms with Gasteiger partial charge < -0.3 is 14.9 Å². The molecule has 70 valence electrons. The first-order chi connectivity index (χ1) is 5.33. The smallest absolute Gasteiger partial charge is 0.0697 e. The van der Waals surface area contributed by atoms with Gasteiger partial charge in [0.15, 0.2) is 0 Å². The molecule has 0 fully saturated rings. The fourth-order valence-electron chi connectivity index (χ4n) is 0.300. The van der Waals surface area contributed by atoms with Crippen LogP contribution in [0.2, 0.25) is 0 Å². The predicted octanol–water partition coefficient (Wildman–Crippen LogP) is 0.357. The third-order valence-corrected chi connectivity index (χ3v) is 1.33. The van der Waals surface area contributed by atoms with Crippen LogP contribution in [0.25, 0.3) is 0 Å². The summed E-state index contributed by atoms with van der Waals surface area (Å²) in [5.41, 5.74) is 0. The van der Waals surface area contributed by atoms with Gasteiger partial charge in [-0.15, -0.1) is 0 Å². The van der Waals surface area contributed by atoms with Gasteiger partial charge in [-0.2, -0.15) is 11.8 Å². The first-order valence-electron chi connectivity index (χ1n) is 3.61. The van der Waals surface area contributed by atoms with Gasteiger partial charge in [-0.3, -0.25) is 0 Å². The van der Waals surface area contributed by atoms with Gasteiger partial charge in [0.25, 0.3) is 0 Å². The van der Waals surface area contributed by atoms with E-state index in [1.54, 1.807) is 11.8 Å². The molecule has 0 bridgehead atoms. The van der Waals surface area contributed by atoms with Crippen molar-refractivity contribution in [1.29, 1.82) is 0 Å². The van der Waals surface area contributed by atoms with Gasteiger partial charge in [0, 0.05) is 12.4 Å². The molecule has 0 amide bonds. The highest BCUT2D eigenvalue weighted by Gasteiger charge is 1.73. The molecule has 11 heavy (non-hydrogen) atoms. The van der Waals surface area contributed by atoms with Gasteiger partial charge in [-0.05, 0) is 13.2 Å². The fourth-order valence-corrected chi connectivity index (χ4v) is 0.483. The topological polar surface area (TPSA) is 49.7 Å². The van der Waals surface area contributed by atoms with E-state index in [0.29, 0.717) is 19.8 Å². The highest BCUT2D eigenvalue weighted by atomic mass is 32.2. The number of rotatable bonds is 5. The molecule has 0 radical (unpaired) electrons. The fraction of sp³-hybridized carbons (Fsp3) is 1.00. The molecule has 0 saturated carbocycles. The first-order valence-corrected chi connectivity index (χ1v) is 5.01. The van der Waals surface area contributed by atoms with E-state index in [-0.39, 0.29) is 6.61 Å². The van der Waals surface area contributed by atoms with E-state index in [2.05, 4.69) is 0 Å². The molecule has 0 heterocycles. The second-order valence-electron chi connectivity index (χ2n) is 1.64. The van der Waals surface area contributed by atoms with Crippen LogP contribution < -0.4 is 0 Å². The highest BCUT2D eigenvalue weighted by molar-refractivity contribution is 7.98. The molecule has 0 aromatic rings. The molecule has 0 rings (SSSR count). The molecule has 0 atom stereocenters. The van der Waals surface area contributed by atoms with Crippen molar-refractivity contribution in [3.05, 3.63) is 0 Å². The lowest BCUT2D eigenvalue weighted by Gasteiger charge is -1.91. The summed E-state index contributed by atoms with van der Waals surface area (Å²) in [7, 11) is 0. The Morgan fingerprint density at radius 2 is 1.91 bits per heavy atom. The lowest BCUT2D eigenvalue weighted by atomic mass is 10.8. The molecule has 2 N–H and O–H groups in total. The summed E-state index contributed by atoms with van der Waals surface area (Å²) in [5, 5.41) is 16.1. The molecule has 4 heteroatoms. The van der Waals surface area contributed by atoms with Crippen LogP contribution in [0.4, 0.5) is 0 Å². The van der Waals surface area contributed by atoms with Crippen LogP contribution in [0.1, 0.15) is 6.92 Å². The summed E-state index contributed by atoms with van der Waals surface area (Å²) in [6, 6.07) is 0. The third-order valence-electron chi connectivity index (χ3n) is 0.735. The predicted molar refractivity (Wildman–Crippen MR) is 49.0 cm³/mol. The summed E-state index contributed by atoms with van der Waals surface area (Å²) in [5.74, 6) is 0.861. The Bertz CT molecular complexity index is 47.0. The standard InChI is InChI=1S/C4H10O2.C3H8OS/c1-2-6-4-3-5;1-5-3-2-4/h5H,2-4H2,1H3;4H,2-3H2,1H3. The van der Waals surface area contributed by atoms with Gasteiger partial charge in [-0.25, -0.2) is 0 Å². The Morgan fingerprint density at radius 1 is 1.27 bits per heavy atom. The SMILES string of the molecule is CCOCCO.CSCCO. The number of ether oxygens (including phenoxy) is 1. The minimum atomic E-state index is 0.133. The molecule has 0 aromatic heterocycles. The van der Waals surface area contributed by atoms with Gasteiger partial charge in [0.1, 0.15) is 0 Å². The number of aliphatic hydroxyl groups excluding tert-OH is 2. The monoisotopic (exact) mass is 182 g/mol. The van der Waals surface area contributed by atoms with Crippen molar-refractivity contribution in [3.8, 4) is 0 Å². The van der Waals surface area contributed by atoms with Crippen LogP contribution in [0.3, 0.4) is 0 Å². The molecule has 0 saturated heterocycles. The molecule has 0 aliphatic heterocycles. The number of aliphatic hydroxyl groups is 2. The summed E-state index contributed by atoms with van der Waals surface area (Å²) < 4.78 is 4.73. The average Bonchev–Trinajstić information content (AvgIpc) is 2.04. The number of hydrogen-bond acceptors (Lipinski definition) is 4. The van der Waals surface area contributed by atoms with E-state index in [0.717, 1.165) is 5.75 Å². The maximum atomic E-state index is 8.07. The van der Waals surface area contributed by atoms with Gasteiger partial charge in [0.05, 0.1) is 19.8 Å². The summed E-state index contributed by atoms with van der Waals surface area (Å²) in [6.45, 7) is 3.50. The Labute approximate surface area is 72.8 Å². The van der Waals surface area contributed by atoms with Crippen LogP contribution in [0.5, 0.6) is 0 Å². The summed E-state index contributed by atoms with van der Waals surface area (Å²) >= 11 is 1.65. The molecule has 0 aliphatic rings. The summed E-state index contributed by atoms with van der Waals surface area (Å²) in [4.78, 5) is 0. The lowest BCUT2D eigenvalue weighted by molar-refractivity contribution is 0.102. The Hall–Kier alpha value is 0.230. The quantitative estimate of drug-likeness (QED) is 0.603. The second kappa shape index (κ2) is 16.7. The van der Waals surface area contributed by atoms with Crippen LogP contribution in [-0.4, -0.2) is 48.6 Å². The van der Waals surface area contributed by atoms with E-state index in [1.165, 1.54) is 0 Å². The van der Waals surface area contributed by atoms with E-state index in [4.69, 9.17) is 14.9 Å². The molecule has 3 nitrogen and oxygen atoms in total. The molecular formula is C7H18O3S. The molecule has 0 spiro atoms. The minimum absolute atomic E-state index is 0.133. The van der Waals surface area contributed by atoms with Crippen molar-refractivity contribution in [2.45, 2.75) is 6.92 Å². The number of hydrogen-bond donors (Lipinski definition) is 2. The van der Waals surface area contributed by atoms with Crippen LogP contribution in [-0.2, 0) is 4.74 Å². The van der Waals surface area contributed by atoms with Crippen molar-refractivity contribution in [3.63, 3.8) is 0 Å². The third kappa shape index (κ3) is 25.3. The number of thioether (sulfide) groups is 1. The van der Waals surface area contributed by atoms with Crippen molar-refractivity contribution >= 4 is 11.8 Å². The molecular weight excluding hydrogens is 164 g/mol. The molecule has 0 unspecified atom stereocenters. The van der Waals surface area contributed by atoms with Crippen molar-refractivity contribution in [2.24, 2.45) is 0 Å². The summed E-state index contributed by atoms with van der Waals surface area (Å²) in [6.07, 6.45) is 1.97. The Morgan fingerprint density at radius 3 is 2.00 bits per heavy atom. The maximum absolute atomic E-state index is 8.07. The van der Waals surface area contributed by atoms with Crippen LogP contribution in [0, 0.1) is 0 Å². The molecule has 0 aliphatic carbocycles. The Balaban J connectivity index is 0. The van der Waals surface area contributed by atoms with E-state index in [9.17, 15) is 0 Å². The van der Waals surface area contributed by atoms with Crippen molar-refractivity contribution < 1.29 is 14.9 Å². The van der Waals surface area contributed by atoms with Gasteiger partial charge in [-0.1, -0.05) is 0 Å². The highest BCUT2D eigenvalue weighted by Crippen LogP contribution is 1.85. The largest absolute Gasteiger partial charge is 0.396 e. The van der Waals surface area contributed by atoms with Crippen LogP contribution >= 0.6 is 11.8 Å². The first kappa shape index (κ1) is 13.8. The average molecular weight is 182 g/mol. The Kier molecular flexibility index (Phi) is 20.9. The van der Waals surface area contributed by atoms with E-state index >= 15 is 0 Å². The zero-order chi connectivity index (χ0) is 8.95. The van der Waals surface area contributed by atoms with Gasteiger partial charge in [0.2, 0.25) is 0 Å². The lowest BCUT2D eigenvalue weighted by Crippen LogP contribution is -1.96. The van der Waals surface area contributed by atoms with E-state index in [1.807, 2.05) is 13.2 Å². The van der Waals surface area contributed by atoms with E-state index < -0.39 is 0 Å². The second-order valence-corrected chi connectivity index (χ2v) is 2.62. The van der Waals surface area contributed by atoms with Gasteiger partial charge >= 0.3 is 0 Å². The van der Waals surface area contributed by atoms with Crippen LogP contribution in [0.15, 0.2) is 0 Å². The normalized spacial score (nSPS) is 8.73. The molecule has 0 aromatic carbocycles. The van der Waals surface area contributed by atoms with Crippen molar-refractivity contribution in [2.75, 3.05) is 38.4 Å². The maximum Gasteiger partial charge on any atom is 0.0697 e. The van der Waals surface area contributed by atoms with Crippen molar-refractivity contribution in [1.82, 2.24) is 0 Å². The zero-order valence-electron chi connectivity index (χ0n) is 7.25. The zero-order valence-corrected chi connectivity index (χ0v) is 8.06.